The Morgan fingerprint density at radius 2 is 1.22 bits per heavy atom. The van der Waals surface area contributed by atoms with E-state index in [1.807, 2.05) is 53.8 Å². The lowest BCUT2D eigenvalue weighted by Gasteiger charge is -2.16. The molecule has 0 saturated carbocycles. The van der Waals surface area contributed by atoms with E-state index in [1.54, 1.807) is 0 Å². The molecule has 10 rings (SSSR count). The van der Waals surface area contributed by atoms with Crippen molar-refractivity contribution in [1.29, 1.82) is 10.5 Å². The zero-order valence-electron chi connectivity index (χ0n) is 26.1. The molecule has 0 saturated heterocycles. The van der Waals surface area contributed by atoms with Crippen LogP contribution in [0.3, 0.4) is 0 Å². The molecule has 10 aromatic rings. The van der Waals surface area contributed by atoms with Crippen LogP contribution in [0.15, 0.2) is 146 Å². The fourth-order valence-electron chi connectivity index (χ4n) is 7.72. The average Bonchev–Trinajstić information content (AvgIpc) is 3.81. The van der Waals surface area contributed by atoms with Crippen LogP contribution in [0.1, 0.15) is 11.1 Å². The lowest BCUT2D eigenvalue weighted by molar-refractivity contribution is 1.17. The zero-order valence-corrected chi connectivity index (χ0v) is 26.9. The van der Waals surface area contributed by atoms with Crippen molar-refractivity contribution in [1.82, 2.24) is 9.13 Å². The minimum Gasteiger partial charge on any atom is -0.309 e. The molecule has 0 radical (unpaired) electrons. The standard InChI is InChI=1S/C44H24N4S/c45-25-27-17-20-39-35(23-27)32-12-4-6-15-37(32)48(39)43-29(26-46)9-8-14-31(43)28-18-21-38-36(24-28)33-19-22-41-42(34-13-5-7-16-40(34)49-41)44(33)47(38)30-10-2-1-3-11-30/h1-24H. The molecule has 4 nitrogen and oxygen atoms in total. The molecule has 0 bridgehead atoms. The molecule has 7 aromatic carbocycles. The lowest BCUT2D eigenvalue weighted by Crippen LogP contribution is -2.01. The van der Waals surface area contributed by atoms with Gasteiger partial charge in [-0.15, -0.1) is 11.3 Å². The summed E-state index contributed by atoms with van der Waals surface area (Å²) >= 11 is 1.83. The fraction of sp³-hybridized carbons (Fsp3) is 0. The molecule has 0 spiro atoms. The van der Waals surface area contributed by atoms with E-state index in [9.17, 15) is 10.5 Å². The molecule has 3 heterocycles. The summed E-state index contributed by atoms with van der Waals surface area (Å²) in [5.74, 6) is 0. The third-order valence-corrected chi connectivity index (χ3v) is 10.9. The number of fused-ring (bicyclic) bond motifs is 10. The van der Waals surface area contributed by atoms with Gasteiger partial charge in [-0.1, -0.05) is 78.9 Å². The van der Waals surface area contributed by atoms with Gasteiger partial charge >= 0.3 is 0 Å². The van der Waals surface area contributed by atoms with Gasteiger partial charge in [0.25, 0.3) is 0 Å². The van der Waals surface area contributed by atoms with Crippen molar-refractivity contribution in [2.24, 2.45) is 0 Å². The van der Waals surface area contributed by atoms with Crippen LogP contribution >= 0.6 is 11.3 Å². The van der Waals surface area contributed by atoms with Gasteiger partial charge in [-0.25, -0.2) is 0 Å². The average molecular weight is 641 g/mol. The van der Waals surface area contributed by atoms with E-state index in [-0.39, 0.29) is 0 Å². The molecule has 0 aliphatic carbocycles. The number of rotatable bonds is 3. The first-order valence-electron chi connectivity index (χ1n) is 16.1. The van der Waals surface area contributed by atoms with Crippen LogP contribution in [0.5, 0.6) is 0 Å². The number of benzene rings is 7. The highest BCUT2D eigenvalue weighted by molar-refractivity contribution is 7.26. The summed E-state index contributed by atoms with van der Waals surface area (Å²) < 4.78 is 7.14. The van der Waals surface area contributed by atoms with Crippen molar-refractivity contribution in [3.8, 4) is 34.6 Å². The fourth-order valence-corrected chi connectivity index (χ4v) is 8.83. The number of thiophene rings is 1. The summed E-state index contributed by atoms with van der Waals surface area (Å²) in [4.78, 5) is 0. The highest BCUT2D eigenvalue weighted by Crippen LogP contribution is 2.45. The highest BCUT2D eigenvalue weighted by atomic mass is 32.1. The Hall–Kier alpha value is -6.66. The number of para-hydroxylation sites is 3. The summed E-state index contributed by atoms with van der Waals surface area (Å²) in [6, 6.07) is 55.3. The summed E-state index contributed by atoms with van der Waals surface area (Å²) in [6.45, 7) is 0. The predicted octanol–water partition coefficient (Wildman–Crippen LogP) is 11.7. The van der Waals surface area contributed by atoms with E-state index in [1.165, 1.54) is 31.1 Å². The third kappa shape index (κ3) is 3.88. The Balaban J connectivity index is 1.31. The molecule has 0 aliphatic heterocycles. The van der Waals surface area contributed by atoms with Gasteiger partial charge in [0.1, 0.15) is 6.07 Å². The second kappa shape index (κ2) is 10.4. The van der Waals surface area contributed by atoms with E-state index in [0.29, 0.717) is 11.1 Å². The Morgan fingerprint density at radius 3 is 2.08 bits per heavy atom. The molecule has 0 N–H and O–H groups in total. The van der Waals surface area contributed by atoms with Gasteiger partial charge in [0.05, 0.1) is 45.0 Å². The zero-order chi connectivity index (χ0) is 32.6. The number of hydrogen-bond acceptors (Lipinski definition) is 3. The molecular formula is C44H24N4S. The van der Waals surface area contributed by atoms with Crippen LogP contribution in [0.4, 0.5) is 0 Å². The van der Waals surface area contributed by atoms with E-state index in [2.05, 4.69) is 124 Å². The van der Waals surface area contributed by atoms with Crippen LogP contribution in [0.2, 0.25) is 0 Å². The Kier molecular flexibility index (Phi) is 5.84. The first kappa shape index (κ1) is 27.5. The van der Waals surface area contributed by atoms with Crippen molar-refractivity contribution in [2.75, 3.05) is 0 Å². The van der Waals surface area contributed by atoms with Crippen molar-refractivity contribution in [3.63, 3.8) is 0 Å². The maximum Gasteiger partial charge on any atom is 0.101 e. The third-order valence-electron chi connectivity index (χ3n) is 9.77. The van der Waals surface area contributed by atoms with Gasteiger partial charge in [0.2, 0.25) is 0 Å². The van der Waals surface area contributed by atoms with Crippen molar-refractivity contribution in [3.05, 3.63) is 157 Å². The van der Waals surface area contributed by atoms with Crippen LogP contribution in [0, 0.1) is 22.7 Å². The minimum absolute atomic E-state index is 0.586. The molecule has 226 valence electrons. The SMILES string of the molecule is N#Cc1ccc2c(c1)c1ccccc1n2-c1c(C#N)cccc1-c1ccc2c(c1)c1ccc3sc4ccccc4c3c1n2-c1ccccc1. The quantitative estimate of drug-likeness (QED) is 0.193. The van der Waals surface area contributed by atoms with Crippen molar-refractivity contribution < 1.29 is 0 Å². The second-order valence-electron chi connectivity index (χ2n) is 12.3. The van der Waals surface area contributed by atoms with Gasteiger partial charge in [-0.3, -0.25) is 0 Å². The first-order chi connectivity index (χ1) is 24.2. The van der Waals surface area contributed by atoms with E-state index >= 15 is 0 Å². The predicted molar refractivity (Wildman–Crippen MR) is 203 cm³/mol. The van der Waals surface area contributed by atoms with Crippen LogP contribution < -0.4 is 0 Å². The summed E-state index contributed by atoms with van der Waals surface area (Å²) in [7, 11) is 0. The van der Waals surface area contributed by atoms with Gasteiger partial charge in [-0.2, -0.15) is 10.5 Å². The smallest absolute Gasteiger partial charge is 0.101 e. The molecule has 0 aliphatic rings. The molecule has 3 aromatic heterocycles. The Morgan fingerprint density at radius 1 is 0.490 bits per heavy atom. The molecule has 0 unspecified atom stereocenters. The number of nitrogens with zero attached hydrogens (tertiary/aromatic N) is 4. The lowest BCUT2D eigenvalue weighted by atomic mass is 9.98. The first-order valence-corrected chi connectivity index (χ1v) is 17.0. The maximum atomic E-state index is 10.5. The summed E-state index contributed by atoms with van der Waals surface area (Å²) in [5.41, 5.74) is 9.42. The van der Waals surface area contributed by atoms with Gasteiger partial charge in [0, 0.05) is 53.0 Å². The van der Waals surface area contributed by atoms with Crippen LogP contribution in [-0.4, -0.2) is 9.13 Å². The Bertz CT molecular complexity index is 3070. The van der Waals surface area contributed by atoms with E-state index < -0.39 is 0 Å². The number of aromatic nitrogens is 2. The molecule has 0 fully saturated rings. The van der Waals surface area contributed by atoms with Crippen LogP contribution in [0.25, 0.3) is 86.3 Å². The second-order valence-corrected chi connectivity index (χ2v) is 13.4. The maximum absolute atomic E-state index is 10.5. The largest absolute Gasteiger partial charge is 0.309 e. The summed E-state index contributed by atoms with van der Waals surface area (Å²) in [5, 5.41) is 27.1. The van der Waals surface area contributed by atoms with Gasteiger partial charge in [-0.05, 0) is 72.3 Å². The van der Waals surface area contributed by atoms with Crippen LogP contribution in [-0.2, 0) is 0 Å². The van der Waals surface area contributed by atoms with Crippen molar-refractivity contribution >= 4 is 75.1 Å². The van der Waals surface area contributed by atoms with Gasteiger partial charge in [0.15, 0.2) is 0 Å². The highest BCUT2D eigenvalue weighted by Gasteiger charge is 2.22. The molecule has 5 heteroatoms. The number of nitriles is 2. The topological polar surface area (TPSA) is 57.4 Å². The van der Waals surface area contributed by atoms with E-state index in [4.69, 9.17) is 0 Å². The molecular weight excluding hydrogens is 617 g/mol. The monoisotopic (exact) mass is 640 g/mol. The number of hydrogen-bond donors (Lipinski definition) is 0. The molecule has 49 heavy (non-hydrogen) atoms. The molecule has 0 amide bonds. The van der Waals surface area contributed by atoms with E-state index in [0.717, 1.165) is 55.2 Å². The normalized spacial score (nSPS) is 11.6. The van der Waals surface area contributed by atoms with Gasteiger partial charge < -0.3 is 9.13 Å². The Labute approximate surface area is 285 Å². The van der Waals surface area contributed by atoms with Crippen molar-refractivity contribution in [2.45, 2.75) is 0 Å². The summed E-state index contributed by atoms with van der Waals surface area (Å²) in [6.07, 6.45) is 0. The minimum atomic E-state index is 0.586. The molecule has 0 atom stereocenters.